The lowest BCUT2D eigenvalue weighted by Crippen LogP contribution is -2.31. The van der Waals surface area contributed by atoms with Gasteiger partial charge < -0.3 is 19.4 Å². The van der Waals surface area contributed by atoms with E-state index in [0.717, 1.165) is 29.7 Å². The van der Waals surface area contributed by atoms with E-state index in [4.69, 9.17) is 20.7 Å². The summed E-state index contributed by atoms with van der Waals surface area (Å²) in [5, 5.41) is 14.2. The molecule has 0 unspecified atom stereocenters. The number of rotatable bonds is 5. The third-order valence-electron chi connectivity index (χ3n) is 7.26. The molecule has 42 heavy (non-hydrogen) atoms. The number of benzene rings is 2. The smallest absolute Gasteiger partial charge is 0.460 e. The van der Waals surface area contributed by atoms with Crippen molar-refractivity contribution in [2.24, 2.45) is 0 Å². The third kappa shape index (κ3) is 6.46. The van der Waals surface area contributed by atoms with Crippen molar-refractivity contribution in [3.05, 3.63) is 97.8 Å². The minimum Gasteiger partial charge on any atom is -0.460 e. The summed E-state index contributed by atoms with van der Waals surface area (Å²) in [5.41, 5.74) is 4.80. The second-order valence-corrected chi connectivity index (χ2v) is 10.6. The first-order chi connectivity index (χ1) is 20.2. The number of nitrogens with zero attached hydrogens (tertiary/aromatic N) is 1. The van der Waals surface area contributed by atoms with Crippen LogP contribution in [0, 0.1) is 19.7 Å². The van der Waals surface area contributed by atoms with Gasteiger partial charge in [0.05, 0.1) is 23.4 Å². The summed E-state index contributed by atoms with van der Waals surface area (Å²) in [4.78, 5) is 17.5. The van der Waals surface area contributed by atoms with Crippen LogP contribution in [0.2, 0.25) is 5.15 Å². The molecule has 1 fully saturated rings. The molecule has 4 aromatic rings. The summed E-state index contributed by atoms with van der Waals surface area (Å²) in [5.74, 6) is 0.484. The van der Waals surface area contributed by atoms with Gasteiger partial charge in [-0.3, -0.25) is 4.79 Å². The van der Waals surface area contributed by atoms with Crippen molar-refractivity contribution in [3.8, 4) is 11.3 Å². The summed E-state index contributed by atoms with van der Waals surface area (Å²) in [6, 6.07) is 10.5. The van der Waals surface area contributed by atoms with E-state index in [2.05, 4.69) is 10.3 Å². The van der Waals surface area contributed by atoms with Gasteiger partial charge in [-0.05, 0) is 75.9 Å². The number of nitrogens with one attached hydrogen (secondary N) is 1. The van der Waals surface area contributed by atoms with Gasteiger partial charge in [0.1, 0.15) is 22.3 Å². The van der Waals surface area contributed by atoms with E-state index in [1.54, 1.807) is 24.3 Å². The Hall–Kier alpha value is -3.46. The normalized spacial score (nSPS) is 13.9. The van der Waals surface area contributed by atoms with Crippen LogP contribution in [0.5, 0.6) is 0 Å². The maximum atomic E-state index is 15.5. The van der Waals surface area contributed by atoms with E-state index in [1.165, 1.54) is 0 Å². The number of hydrogen-bond acceptors (Lipinski definition) is 6. The molecule has 0 amide bonds. The van der Waals surface area contributed by atoms with E-state index in [-0.39, 0.29) is 28.2 Å². The Bertz CT molecular complexity index is 1680. The molecule has 1 saturated carbocycles. The molecule has 0 spiro atoms. The first kappa shape index (κ1) is 31.5. The fourth-order valence-corrected chi connectivity index (χ4v) is 5.09. The number of pyridine rings is 1. The number of halogens is 2. The summed E-state index contributed by atoms with van der Waals surface area (Å²) in [6.45, 7) is 12.2. The second-order valence-electron chi connectivity index (χ2n) is 10.2. The number of anilines is 1. The molecule has 1 aliphatic carbocycles. The summed E-state index contributed by atoms with van der Waals surface area (Å²) in [7, 11) is -1.32. The number of hydrogen-bond donors (Lipinski definition) is 2. The fraction of sp³-hybridized carbons (Fsp3) is 0.333. The van der Waals surface area contributed by atoms with Gasteiger partial charge in [-0.1, -0.05) is 49.7 Å². The Morgan fingerprint density at radius 3 is 2.52 bits per heavy atom. The molecule has 1 aliphatic heterocycles. The van der Waals surface area contributed by atoms with Crippen molar-refractivity contribution < 1.29 is 18.5 Å². The van der Waals surface area contributed by atoms with Crippen molar-refractivity contribution in [1.82, 2.24) is 4.98 Å². The molecule has 0 bridgehead atoms. The van der Waals surface area contributed by atoms with Gasteiger partial charge >= 0.3 is 7.12 Å². The lowest BCUT2D eigenvalue weighted by Gasteiger charge is -2.15. The van der Waals surface area contributed by atoms with E-state index >= 15 is 4.39 Å². The van der Waals surface area contributed by atoms with Gasteiger partial charge in [-0.15, -0.1) is 0 Å². The average Bonchev–Trinajstić information content (AvgIpc) is 3.77. The molecule has 3 heterocycles. The second kappa shape index (κ2) is 13.7. The minimum absolute atomic E-state index is 0.00191. The molecule has 2 aromatic carbocycles. The third-order valence-corrected chi connectivity index (χ3v) is 7.47. The van der Waals surface area contributed by atoms with Crippen molar-refractivity contribution >= 4 is 40.8 Å². The molecule has 6 nitrogen and oxygen atoms in total. The molecule has 2 N–H and O–H groups in total. The predicted octanol–water partition coefficient (Wildman–Crippen LogP) is 7.58. The molecular formula is C33H37BClFN2O4. The molecule has 0 atom stereocenters. The van der Waals surface area contributed by atoms with Gasteiger partial charge in [-0.25, -0.2) is 9.37 Å². The maximum absolute atomic E-state index is 15.5. The lowest BCUT2D eigenvalue weighted by molar-refractivity contribution is 0.275. The molecular weight excluding hydrogens is 554 g/mol. The maximum Gasteiger partial charge on any atom is 0.494 e. The molecule has 0 radical (unpaired) electrons. The van der Waals surface area contributed by atoms with E-state index in [1.807, 2.05) is 65.8 Å². The van der Waals surface area contributed by atoms with Gasteiger partial charge in [0.2, 0.25) is 0 Å². The van der Waals surface area contributed by atoms with Crippen molar-refractivity contribution in [3.63, 3.8) is 0 Å². The SMILES string of the molecule is C/C=C/C.CC.Cc1cc(CNc2ccc(Cl)nc2-c2ccc3c(c2F)B(O)OC3)c2oc(C3CC3)c(C)c(=O)c2c1. The Morgan fingerprint density at radius 2 is 1.86 bits per heavy atom. The zero-order valence-corrected chi connectivity index (χ0v) is 25.7. The van der Waals surface area contributed by atoms with Crippen LogP contribution in [0.1, 0.15) is 74.5 Å². The molecule has 0 saturated heterocycles. The van der Waals surface area contributed by atoms with E-state index in [9.17, 15) is 9.82 Å². The minimum atomic E-state index is -1.32. The molecule has 6 rings (SSSR count). The predicted molar refractivity (Wildman–Crippen MR) is 170 cm³/mol. The van der Waals surface area contributed by atoms with Crippen molar-refractivity contribution in [2.75, 3.05) is 5.32 Å². The summed E-state index contributed by atoms with van der Waals surface area (Å²) in [6.07, 6.45) is 6.06. The highest BCUT2D eigenvalue weighted by molar-refractivity contribution is 6.61. The Morgan fingerprint density at radius 1 is 1.14 bits per heavy atom. The van der Waals surface area contributed by atoms with Crippen molar-refractivity contribution in [2.45, 2.75) is 73.5 Å². The Balaban J connectivity index is 0.000000624. The first-order valence-corrected chi connectivity index (χ1v) is 14.8. The Kier molecular flexibility index (Phi) is 10.3. The van der Waals surface area contributed by atoms with Crippen LogP contribution in [0.15, 0.2) is 57.8 Å². The van der Waals surface area contributed by atoms with Crippen LogP contribution in [-0.2, 0) is 17.8 Å². The van der Waals surface area contributed by atoms with Crippen LogP contribution >= 0.6 is 11.6 Å². The number of aromatic nitrogens is 1. The zero-order chi connectivity index (χ0) is 30.6. The quantitative estimate of drug-likeness (QED) is 0.142. The van der Waals surface area contributed by atoms with Crippen molar-refractivity contribution in [1.29, 1.82) is 0 Å². The lowest BCUT2D eigenvalue weighted by atomic mass is 9.78. The van der Waals surface area contributed by atoms with Gasteiger partial charge in [-0.2, -0.15) is 0 Å². The molecule has 220 valence electrons. The number of fused-ring (bicyclic) bond motifs is 2. The number of allylic oxidation sites excluding steroid dienone is 2. The average molecular weight is 591 g/mol. The highest BCUT2D eigenvalue weighted by atomic mass is 35.5. The van der Waals surface area contributed by atoms with Gasteiger partial charge in [0.15, 0.2) is 5.43 Å². The largest absolute Gasteiger partial charge is 0.494 e. The number of aryl methyl sites for hydroxylation is 1. The summed E-state index contributed by atoms with van der Waals surface area (Å²) < 4.78 is 26.9. The van der Waals surface area contributed by atoms with E-state index < -0.39 is 12.9 Å². The monoisotopic (exact) mass is 590 g/mol. The van der Waals surface area contributed by atoms with Gasteiger partial charge in [0, 0.05) is 34.6 Å². The topological polar surface area (TPSA) is 84.6 Å². The zero-order valence-electron chi connectivity index (χ0n) is 25.0. The van der Waals surface area contributed by atoms with E-state index in [0.29, 0.717) is 45.9 Å². The van der Waals surface area contributed by atoms with Gasteiger partial charge in [0.25, 0.3) is 0 Å². The molecule has 2 aliphatic rings. The van der Waals surface area contributed by atoms with Crippen LogP contribution in [-0.4, -0.2) is 17.1 Å². The van der Waals surface area contributed by atoms with Crippen LogP contribution in [0.4, 0.5) is 10.1 Å². The Labute approximate surface area is 251 Å². The fourth-order valence-electron chi connectivity index (χ4n) is 4.94. The standard InChI is InChI=1S/C27H23BClFN2O4.C4H8.C2H6/c1-13-9-17(27-19(10-13)25(33)14(2)26(36-27)15-3-4-15)11-31-20-7-8-21(29)32-24(20)18-6-5-16-12-35-28(34)22(16)23(18)30;1-3-4-2;1-2/h5-10,15,31,34H,3-4,11-12H2,1-2H3;3-4H,1-2H3;1-2H3/b;4-3+;. The first-order valence-electron chi connectivity index (χ1n) is 14.4. The summed E-state index contributed by atoms with van der Waals surface area (Å²) >= 11 is 6.18. The highest BCUT2D eigenvalue weighted by Crippen LogP contribution is 2.42. The van der Waals surface area contributed by atoms with Crippen LogP contribution in [0.3, 0.4) is 0 Å². The van der Waals surface area contributed by atoms with Crippen LogP contribution < -0.4 is 16.2 Å². The molecule has 9 heteroatoms. The highest BCUT2D eigenvalue weighted by Gasteiger charge is 2.33. The van der Waals surface area contributed by atoms with Crippen LogP contribution in [0.25, 0.3) is 22.2 Å². The molecule has 2 aromatic heterocycles.